The lowest BCUT2D eigenvalue weighted by atomic mass is 9.97. The quantitative estimate of drug-likeness (QED) is 0.787. The fourth-order valence-electron chi connectivity index (χ4n) is 4.02. The number of hydrogen-bond acceptors (Lipinski definition) is 4. The highest BCUT2D eigenvalue weighted by Crippen LogP contribution is 2.28. The summed E-state index contributed by atoms with van der Waals surface area (Å²) in [6, 6.07) is 6.73. The Labute approximate surface area is 156 Å². The number of methoxy groups -OCH3 is 1. The lowest BCUT2D eigenvalue weighted by Gasteiger charge is -2.35. The first-order chi connectivity index (χ1) is 12.4. The fraction of sp³-hybridized carbons (Fsp3) is 0.632. The molecule has 1 saturated carbocycles. The first-order valence-electron chi connectivity index (χ1n) is 9.34. The molecular formula is C19H28N2O4S. The van der Waals surface area contributed by atoms with Gasteiger partial charge in [0.25, 0.3) is 0 Å². The number of carbonyl (C=O) groups is 1. The van der Waals surface area contributed by atoms with Crippen molar-refractivity contribution in [3.05, 3.63) is 24.3 Å². The Morgan fingerprint density at radius 2 is 1.77 bits per heavy atom. The molecule has 0 N–H and O–H groups in total. The topological polar surface area (TPSA) is 66.9 Å². The Morgan fingerprint density at radius 1 is 1.12 bits per heavy atom. The highest BCUT2D eigenvalue weighted by Gasteiger charge is 2.36. The summed E-state index contributed by atoms with van der Waals surface area (Å²) in [5, 5.41) is 0. The molecule has 1 aliphatic carbocycles. The van der Waals surface area contributed by atoms with Crippen LogP contribution in [0.25, 0.3) is 0 Å². The fourth-order valence-corrected chi connectivity index (χ4v) is 5.54. The molecule has 1 aliphatic heterocycles. The summed E-state index contributed by atoms with van der Waals surface area (Å²) in [5.74, 6) is 0.461. The van der Waals surface area contributed by atoms with E-state index in [9.17, 15) is 13.2 Å². The van der Waals surface area contributed by atoms with Gasteiger partial charge in [-0.05, 0) is 49.9 Å². The van der Waals surface area contributed by atoms with E-state index in [0.29, 0.717) is 24.8 Å². The van der Waals surface area contributed by atoms with Gasteiger partial charge in [-0.2, -0.15) is 4.31 Å². The Kier molecular flexibility index (Phi) is 5.87. The van der Waals surface area contributed by atoms with Crippen molar-refractivity contribution in [2.24, 2.45) is 5.92 Å². The zero-order valence-electron chi connectivity index (χ0n) is 15.6. The number of ether oxygens (including phenoxy) is 1. The minimum absolute atomic E-state index is 0.0894. The number of nitrogens with zero attached hydrogens (tertiary/aromatic N) is 2. The van der Waals surface area contributed by atoms with E-state index in [1.165, 1.54) is 17.1 Å². The van der Waals surface area contributed by atoms with E-state index in [-0.39, 0.29) is 23.3 Å². The molecule has 7 heteroatoms. The highest BCUT2D eigenvalue weighted by atomic mass is 32.2. The van der Waals surface area contributed by atoms with Crippen LogP contribution in [0.15, 0.2) is 29.2 Å². The molecule has 1 atom stereocenters. The predicted octanol–water partition coefficient (Wildman–Crippen LogP) is 2.50. The van der Waals surface area contributed by atoms with Gasteiger partial charge in [-0.15, -0.1) is 0 Å². The van der Waals surface area contributed by atoms with Crippen LogP contribution in [-0.2, 0) is 14.8 Å². The smallest absolute Gasteiger partial charge is 0.243 e. The second-order valence-corrected chi connectivity index (χ2v) is 9.20. The molecule has 2 fully saturated rings. The van der Waals surface area contributed by atoms with Crippen LogP contribution < -0.4 is 4.74 Å². The number of amides is 1. The van der Waals surface area contributed by atoms with E-state index >= 15 is 0 Å². The van der Waals surface area contributed by atoms with Gasteiger partial charge in [-0.25, -0.2) is 8.42 Å². The standard InChI is InChI=1S/C19H28N2O4S/c1-20(16-7-3-4-8-16)19(22)15-6-5-13-21(14-15)26(23,24)18-11-9-17(25-2)10-12-18/h9-12,15-16H,3-8,13-14H2,1-2H3/t15-/m1/s1. The summed E-state index contributed by atoms with van der Waals surface area (Å²) in [7, 11) is -0.174. The molecule has 3 rings (SSSR count). The maximum atomic E-state index is 12.9. The number of sulfonamides is 1. The molecule has 26 heavy (non-hydrogen) atoms. The molecule has 1 aromatic carbocycles. The van der Waals surface area contributed by atoms with Crippen LogP contribution in [0.4, 0.5) is 0 Å². The van der Waals surface area contributed by atoms with Crippen molar-refractivity contribution in [1.82, 2.24) is 9.21 Å². The van der Waals surface area contributed by atoms with E-state index in [1.807, 2.05) is 11.9 Å². The Hall–Kier alpha value is -1.60. The molecule has 1 heterocycles. The molecule has 1 saturated heterocycles. The second-order valence-electron chi connectivity index (χ2n) is 7.27. The molecule has 2 aliphatic rings. The molecule has 1 amide bonds. The Bertz CT molecular complexity index is 726. The summed E-state index contributed by atoms with van der Waals surface area (Å²) in [6.45, 7) is 0.732. The van der Waals surface area contributed by atoms with Gasteiger partial charge < -0.3 is 9.64 Å². The molecule has 0 radical (unpaired) electrons. The van der Waals surface area contributed by atoms with Crippen LogP contribution in [-0.4, -0.2) is 56.8 Å². The van der Waals surface area contributed by atoms with Gasteiger partial charge in [0.2, 0.25) is 15.9 Å². The monoisotopic (exact) mass is 380 g/mol. The SMILES string of the molecule is COc1ccc(S(=O)(=O)N2CCC[C@@H](C(=O)N(C)C3CCCC3)C2)cc1. The van der Waals surface area contributed by atoms with Crippen LogP contribution in [0.3, 0.4) is 0 Å². The van der Waals surface area contributed by atoms with Gasteiger partial charge in [-0.1, -0.05) is 12.8 Å². The van der Waals surface area contributed by atoms with Crippen molar-refractivity contribution in [2.75, 3.05) is 27.2 Å². The van der Waals surface area contributed by atoms with Gasteiger partial charge in [0.15, 0.2) is 0 Å². The summed E-state index contributed by atoms with van der Waals surface area (Å²) < 4.78 is 32.4. The zero-order valence-corrected chi connectivity index (χ0v) is 16.4. The van der Waals surface area contributed by atoms with Crippen LogP contribution in [0.2, 0.25) is 0 Å². The van der Waals surface area contributed by atoms with Gasteiger partial charge in [0.05, 0.1) is 17.9 Å². The molecule has 144 valence electrons. The number of piperidine rings is 1. The van der Waals surface area contributed by atoms with Crippen molar-refractivity contribution in [3.8, 4) is 5.75 Å². The van der Waals surface area contributed by atoms with Crippen molar-refractivity contribution in [2.45, 2.75) is 49.5 Å². The number of carbonyl (C=O) groups excluding carboxylic acids is 1. The zero-order chi connectivity index (χ0) is 18.7. The predicted molar refractivity (Wildman–Crippen MR) is 99.5 cm³/mol. The van der Waals surface area contributed by atoms with Gasteiger partial charge in [-0.3, -0.25) is 4.79 Å². The normalized spacial score (nSPS) is 22.3. The minimum Gasteiger partial charge on any atom is -0.497 e. The largest absolute Gasteiger partial charge is 0.497 e. The Balaban J connectivity index is 1.71. The number of hydrogen-bond donors (Lipinski definition) is 0. The molecule has 0 unspecified atom stereocenters. The molecule has 0 bridgehead atoms. The van der Waals surface area contributed by atoms with Crippen molar-refractivity contribution >= 4 is 15.9 Å². The van der Waals surface area contributed by atoms with Gasteiger partial charge in [0, 0.05) is 26.2 Å². The highest BCUT2D eigenvalue weighted by molar-refractivity contribution is 7.89. The lowest BCUT2D eigenvalue weighted by molar-refractivity contribution is -0.137. The third-order valence-electron chi connectivity index (χ3n) is 5.65. The van der Waals surface area contributed by atoms with Crippen LogP contribution in [0.5, 0.6) is 5.75 Å². The third-order valence-corrected chi connectivity index (χ3v) is 7.53. The van der Waals surface area contributed by atoms with Gasteiger partial charge in [0.1, 0.15) is 5.75 Å². The molecular weight excluding hydrogens is 352 g/mol. The number of rotatable bonds is 5. The first kappa shape index (κ1) is 19.2. The average molecular weight is 381 g/mol. The van der Waals surface area contributed by atoms with Crippen molar-refractivity contribution in [1.29, 1.82) is 0 Å². The minimum atomic E-state index is -3.59. The van der Waals surface area contributed by atoms with E-state index in [2.05, 4.69) is 0 Å². The van der Waals surface area contributed by atoms with Crippen LogP contribution in [0, 0.1) is 5.92 Å². The Morgan fingerprint density at radius 3 is 2.38 bits per heavy atom. The lowest BCUT2D eigenvalue weighted by Crippen LogP contribution is -2.47. The van der Waals surface area contributed by atoms with Crippen molar-refractivity contribution in [3.63, 3.8) is 0 Å². The van der Waals surface area contributed by atoms with Gasteiger partial charge >= 0.3 is 0 Å². The van der Waals surface area contributed by atoms with E-state index < -0.39 is 10.0 Å². The molecule has 1 aromatic rings. The van der Waals surface area contributed by atoms with E-state index in [0.717, 1.165) is 19.3 Å². The number of benzene rings is 1. The van der Waals surface area contributed by atoms with Crippen LogP contribution >= 0.6 is 0 Å². The molecule has 0 spiro atoms. The molecule has 0 aromatic heterocycles. The summed E-state index contributed by atoms with van der Waals surface area (Å²) in [4.78, 5) is 15.0. The summed E-state index contributed by atoms with van der Waals surface area (Å²) in [6.07, 6.45) is 5.93. The second kappa shape index (κ2) is 7.96. The third kappa shape index (κ3) is 3.88. The average Bonchev–Trinajstić information content (AvgIpc) is 3.21. The summed E-state index contributed by atoms with van der Waals surface area (Å²) in [5.41, 5.74) is 0. The molecule has 6 nitrogen and oxygen atoms in total. The maximum Gasteiger partial charge on any atom is 0.243 e. The van der Waals surface area contributed by atoms with Crippen molar-refractivity contribution < 1.29 is 17.9 Å². The maximum absolute atomic E-state index is 12.9. The van der Waals surface area contributed by atoms with E-state index in [4.69, 9.17) is 4.74 Å². The van der Waals surface area contributed by atoms with Crippen LogP contribution in [0.1, 0.15) is 38.5 Å². The van der Waals surface area contributed by atoms with E-state index in [1.54, 1.807) is 31.4 Å². The summed E-state index contributed by atoms with van der Waals surface area (Å²) >= 11 is 0. The first-order valence-corrected chi connectivity index (χ1v) is 10.8.